The summed E-state index contributed by atoms with van der Waals surface area (Å²) in [7, 11) is 4.36. The summed E-state index contributed by atoms with van der Waals surface area (Å²) in [5, 5.41) is 0. The van der Waals surface area contributed by atoms with Gasteiger partial charge in [0.15, 0.2) is 0 Å². The average Bonchev–Trinajstić information content (AvgIpc) is 2.53. The zero-order chi connectivity index (χ0) is 14.7. The van der Waals surface area contributed by atoms with Gasteiger partial charge in [-0.25, -0.2) is 0 Å². The highest BCUT2D eigenvalue weighted by molar-refractivity contribution is 5.15. The molecule has 0 spiro atoms. The fourth-order valence-corrected chi connectivity index (χ4v) is 3.86. The zero-order valence-electron chi connectivity index (χ0n) is 13.5. The van der Waals surface area contributed by atoms with Crippen molar-refractivity contribution in [3.8, 4) is 0 Å². The maximum atomic E-state index is 2.74. The molecular formula is C18H29N3. The first-order valence-electron chi connectivity index (χ1n) is 8.37. The van der Waals surface area contributed by atoms with E-state index < -0.39 is 0 Å². The van der Waals surface area contributed by atoms with Crippen molar-refractivity contribution in [2.24, 2.45) is 5.92 Å². The Hall–Kier alpha value is -0.900. The van der Waals surface area contributed by atoms with Crippen molar-refractivity contribution in [3.05, 3.63) is 35.9 Å². The Morgan fingerprint density at radius 3 is 2.33 bits per heavy atom. The van der Waals surface area contributed by atoms with Crippen LogP contribution < -0.4 is 0 Å². The van der Waals surface area contributed by atoms with Crippen LogP contribution in [-0.2, 0) is 6.54 Å². The maximum absolute atomic E-state index is 2.74. The quantitative estimate of drug-likeness (QED) is 0.794. The van der Waals surface area contributed by atoms with E-state index in [0.29, 0.717) is 0 Å². The molecule has 3 fully saturated rings. The first-order chi connectivity index (χ1) is 10.2. The van der Waals surface area contributed by atoms with Gasteiger partial charge in [-0.1, -0.05) is 30.3 Å². The molecule has 1 atom stereocenters. The number of piperidine rings is 3. The third kappa shape index (κ3) is 3.85. The fourth-order valence-electron chi connectivity index (χ4n) is 3.86. The molecule has 0 N–H and O–H groups in total. The van der Waals surface area contributed by atoms with E-state index in [0.717, 1.165) is 25.0 Å². The monoisotopic (exact) mass is 287 g/mol. The number of likely N-dealkylation sites (N-methyl/N-ethyl adjacent to an activating group) is 1. The van der Waals surface area contributed by atoms with Gasteiger partial charge in [-0.2, -0.15) is 0 Å². The van der Waals surface area contributed by atoms with Crippen molar-refractivity contribution in [2.45, 2.75) is 25.4 Å². The van der Waals surface area contributed by atoms with E-state index in [1.165, 1.54) is 44.6 Å². The summed E-state index contributed by atoms with van der Waals surface area (Å²) in [5.41, 5.74) is 1.45. The Morgan fingerprint density at radius 1 is 1.05 bits per heavy atom. The molecule has 3 nitrogen and oxygen atoms in total. The van der Waals surface area contributed by atoms with Crippen molar-refractivity contribution in [3.63, 3.8) is 0 Å². The highest BCUT2D eigenvalue weighted by Crippen LogP contribution is 2.31. The van der Waals surface area contributed by atoms with Crippen LogP contribution in [0.3, 0.4) is 0 Å². The minimum Gasteiger partial charge on any atom is -0.308 e. The number of fused-ring (bicyclic) bond motifs is 3. The lowest BCUT2D eigenvalue weighted by Gasteiger charge is -2.49. The fraction of sp³-hybridized carbons (Fsp3) is 0.667. The standard InChI is InChI=1S/C18H29N3/c1-19(2)12-13-21(14-16-6-4-3-5-7-16)18-15-20-10-8-17(18)9-11-20/h3-7,17-18H,8-15H2,1-2H3. The van der Waals surface area contributed by atoms with E-state index in [1.807, 2.05) is 0 Å². The second kappa shape index (κ2) is 6.91. The molecule has 3 aliphatic heterocycles. The van der Waals surface area contributed by atoms with Crippen LogP contribution >= 0.6 is 0 Å². The van der Waals surface area contributed by atoms with Gasteiger partial charge in [0.05, 0.1) is 0 Å². The zero-order valence-corrected chi connectivity index (χ0v) is 13.5. The van der Waals surface area contributed by atoms with Crippen molar-refractivity contribution >= 4 is 0 Å². The van der Waals surface area contributed by atoms with Gasteiger partial charge in [0.25, 0.3) is 0 Å². The van der Waals surface area contributed by atoms with Crippen molar-refractivity contribution in [1.82, 2.24) is 14.7 Å². The highest BCUT2D eigenvalue weighted by Gasteiger charge is 2.37. The van der Waals surface area contributed by atoms with Crippen LogP contribution in [0.25, 0.3) is 0 Å². The minimum absolute atomic E-state index is 0.757. The molecule has 4 rings (SSSR count). The van der Waals surface area contributed by atoms with E-state index in [4.69, 9.17) is 0 Å². The molecule has 21 heavy (non-hydrogen) atoms. The molecule has 3 saturated heterocycles. The average molecular weight is 287 g/mol. The Kier molecular flexibility index (Phi) is 4.94. The molecule has 0 aromatic heterocycles. The van der Waals surface area contributed by atoms with Crippen molar-refractivity contribution in [1.29, 1.82) is 0 Å². The summed E-state index contributed by atoms with van der Waals surface area (Å²) >= 11 is 0. The largest absolute Gasteiger partial charge is 0.308 e. The van der Waals surface area contributed by atoms with Gasteiger partial charge < -0.3 is 9.80 Å². The summed E-state index contributed by atoms with van der Waals surface area (Å²) < 4.78 is 0. The molecule has 3 heterocycles. The summed E-state index contributed by atoms with van der Waals surface area (Å²) in [5.74, 6) is 0.917. The van der Waals surface area contributed by atoms with Crippen LogP contribution in [0.2, 0.25) is 0 Å². The van der Waals surface area contributed by atoms with Gasteiger partial charge in [-0.15, -0.1) is 0 Å². The summed E-state index contributed by atoms with van der Waals surface area (Å²) in [6.45, 7) is 7.36. The smallest absolute Gasteiger partial charge is 0.0256 e. The van der Waals surface area contributed by atoms with Crippen molar-refractivity contribution in [2.75, 3.05) is 46.8 Å². The first kappa shape index (κ1) is 15.0. The van der Waals surface area contributed by atoms with Gasteiger partial charge >= 0.3 is 0 Å². The van der Waals surface area contributed by atoms with Crippen LogP contribution in [0.15, 0.2) is 30.3 Å². The summed E-state index contributed by atoms with van der Waals surface area (Å²) in [6.07, 6.45) is 2.80. The summed E-state index contributed by atoms with van der Waals surface area (Å²) in [6, 6.07) is 11.7. The molecule has 3 aliphatic rings. The van der Waals surface area contributed by atoms with E-state index in [2.05, 4.69) is 59.1 Å². The van der Waals surface area contributed by atoms with Crippen LogP contribution in [0, 0.1) is 5.92 Å². The normalized spacial score (nSPS) is 28.5. The SMILES string of the molecule is CN(C)CCN(Cc1ccccc1)C1CN2CCC1CC2. The van der Waals surface area contributed by atoms with E-state index in [1.54, 1.807) is 0 Å². The van der Waals surface area contributed by atoms with Gasteiger partial charge in [-0.05, 0) is 51.5 Å². The first-order valence-corrected chi connectivity index (χ1v) is 8.37. The third-order valence-corrected chi connectivity index (χ3v) is 5.15. The predicted molar refractivity (Wildman–Crippen MR) is 88.4 cm³/mol. The second-order valence-corrected chi connectivity index (χ2v) is 6.96. The predicted octanol–water partition coefficient (Wildman–Crippen LogP) is 2.14. The highest BCUT2D eigenvalue weighted by atomic mass is 15.3. The van der Waals surface area contributed by atoms with Gasteiger partial charge in [-0.3, -0.25) is 4.90 Å². The molecule has 0 amide bonds. The Balaban J connectivity index is 1.69. The summed E-state index contributed by atoms with van der Waals surface area (Å²) in [4.78, 5) is 7.71. The molecule has 0 aliphatic carbocycles. The van der Waals surface area contributed by atoms with Gasteiger partial charge in [0, 0.05) is 32.2 Å². The lowest BCUT2D eigenvalue weighted by atomic mass is 9.83. The van der Waals surface area contributed by atoms with Crippen LogP contribution in [0.4, 0.5) is 0 Å². The Labute approximate surface area is 129 Å². The molecule has 116 valence electrons. The molecule has 1 unspecified atom stereocenters. The Bertz CT molecular complexity index is 423. The Morgan fingerprint density at radius 2 is 1.76 bits per heavy atom. The van der Waals surface area contributed by atoms with Crippen LogP contribution in [-0.4, -0.2) is 67.6 Å². The maximum Gasteiger partial charge on any atom is 0.0256 e. The van der Waals surface area contributed by atoms with Crippen LogP contribution in [0.5, 0.6) is 0 Å². The third-order valence-electron chi connectivity index (χ3n) is 5.15. The molecule has 3 heteroatoms. The lowest BCUT2D eigenvalue weighted by Crippen LogP contribution is -2.57. The van der Waals surface area contributed by atoms with Crippen molar-refractivity contribution < 1.29 is 0 Å². The van der Waals surface area contributed by atoms with Crippen LogP contribution in [0.1, 0.15) is 18.4 Å². The molecule has 0 radical (unpaired) electrons. The number of nitrogens with zero attached hydrogens (tertiary/aromatic N) is 3. The molecule has 1 aromatic carbocycles. The number of hydrogen-bond acceptors (Lipinski definition) is 3. The number of hydrogen-bond donors (Lipinski definition) is 0. The lowest BCUT2D eigenvalue weighted by molar-refractivity contribution is -0.000738. The molecular weight excluding hydrogens is 258 g/mol. The molecule has 0 saturated carbocycles. The van der Waals surface area contributed by atoms with Gasteiger partial charge in [0.1, 0.15) is 0 Å². The van der Waals surface area contributed by atoms with E-state index in [9.17, 15) is 0 Å². The number of benzene rings is 1. The molecule has 2 bridgehead atoms. The van der Waals surface area contributed by atoms with E-state index >= 15 is 0 Å². The second-order valence-electron chi connectivity index (χ2n) is 6.96. The minimum atomic E-state index is 0.757. The topological polar surface area (TPSA) is 9.72 Å². The molecule has 1 aromatic rings. The number of rotatable bonds is 6. The van der Waals surface area contributed by atoms with Gasteiger partial charge in [0.2, 0.25) is 0 Å². The van der Waals surface area contributed by atoms with E-state index in [-0.39, 0.29) is 0 Å².